The van der Waals surface area contributed by atoms with E-state index >= 15 is 0 Å². The van der Waals surface area contributed by atoms with Gasteiger partial charge in [0, 0.05) is 23.7 Å². The van der Waals surface area contributed by atoms with Crippen molar-refractivity contribution >= 4 is 5.91 Å². The summed E-state index contributed by atoms with van der Waals surface area (Å²) in [6.45, 7) is 6.06. The molecule has 0 aromatic carbocycles. The summed E-state index contributed by atoms with van der Waals surface area (Å²) in [5, 5.41) is 14.0. The minimum atomic E-state index is -0.0637. The molecule has 2 aromatic rings. The number of aromatic amines is 1. The quantitative estimate of drug-likeness (QED) is 0.849. The van der Waals surface area contributed by atoms with Crippen molar-refractivity contribution in [2.45, 2.75) is 33.4 Å². The monoisotopic (exact) mass is 247 g/mol. The Hall–Kier alpha value is -2.11. The van der Waals surface area contributed by atoms with Crippen LogP contribution in [0.3, 0.4) is 0 Å². The predicted octanol–water partition coefficient (Wildman–Crippen LogP) is 1.10. The average Bonchev–Trinajstić information content (AvgIpc) is 2.89. The second-order valence-corrected chi connectivity index (χ2v) is 4.34. The summed E-state index contributed by atoms with van der Waals surface area (Å²) >= 11 is 0. The van der Waals surface area contributed by atoms with Gasteiger partial charge in [0.1, 0.15) is 6.54 Å². The van der Waals surface area contributed by atoms with E-state index in [1.165, 1.54) is 0 Å². The van der Waals surface area contributed by atoms with Gasteiger partial charge < -0.3 is 5.32 Å². The molecule has 0 radical (unpaired) electrons. The lowest BCUT2D eigenvalue weighted by molar-refractivity contribution is -0.122. The molecule has 0 aliphatic heterocycles. The van der Waals surface area contributed by atoms with Gasteiger partial charge in [-0.05, 0) is 26.8 Å². The van der Waals surface area contributed by atoms with Crippen LogP contribution in [0.2, 0.25) is 0 Å². The molecule has 6 heteroatoms. The van der Waals surface area contributed by atoms with Gasteiger partial charge in [-0.25, -0.2) is 0 Å². The molecule has 0 saturated carbocycles. The molecule has 2 heterocycles. The van der Waals surface area contributed by atoms with Gasteiger partial charge in [-0.2, -0.15) is 10.2 Å². The lowest BCUT2D eigenvalue weighted by atomic mass is 10.1. The van der Waals surface area contributed by atoms with E-state index < -0.39 is 0 Å². The molecule has 0 unspecified atom stereocenters. The zero-order valence-corrected chi connectivity index (χ0v) is 10.8. The van der Waals surface area contributed by atoms with Gasteiger partial charge >= 0.3 is 0 Å². The summed E-state index contributed by atoms with van der Waals surface area (Å²) in [7, 11) is 0. The number of rotatable bonds is 4. The number of H-pyrrole nitrogens is 1. The van der Waals surface area contributed by atoms with Crippen LogP contribution in [0.1, 0.15) is 29.9 Å². The van der Waals surface area contributed by atoms with Crippen LogP contribution in [0.15, 0.2) is 18.5 Å². The molecule has 6 nitrogen and oxygen atoms in total. The molecule has 2 aromatic heterocycles. The highest BCUT2D eigenvalue weighted by atomic mass is 16.2. The smallest absolute Gasteiger partial charge is 0.242 e. The Morgan fingerprint density at radius 1 is 1.56 bits per heavy atom. The highest BCUT2D eigenvalue weighted by Gasteiger charge is 2.16. The molecule has 1 atom stereocenters. The summed E-state index contributed by atoms with van der Waals surface area (Å²) in [5.41, 5.74) is 2.95. The van der Waals surface area contributed by atoms with Gasteiger partial charge in [0.2, 0.25) is 5.91 Å². The van der Waals surface area contributed by atoms with Crippen molar-refractivity contribution < 1.29 is 4.79 Å². The molecule has 0 spiro atoms. The number of aryl methyl sites for hydroxylation is 2. The molecule has 0 saturated heterocycles. The fourth-order valence-corrected chi connectivity index (χ4v) is 2.10. The molecule has 2 N–H and O–H groups in total. The van der Waals surface area contributed by atoms with Crippen molar-refractivity contribution in [2.24, 2.45) is 0 Å². The Morgan fingerprint density at radius 3 is 2.89 bits per heavy atom. The van der Waals surface area contributed by atoms with Gasteiger partial charge in [-0.1, -0.05) is 0 Å². The molecule has 0 aliphatic rings. The lowest BCUT2D eigenvalue weighted by Crippen LogP contribution is -2.30. The third-order valence-corrected chi connectivity index (χ3v) is 2.86. The summed E-state index contributed by atoms with van der Waals surface area (Å²) in [6.07, 6.45) is 3.42. The maximum absolute atomic E-state index is 11.8. The Morgan fingerprint density at radius 2 is 2.33 bits per heavy atom. The number of amides is 1. The fraction of sp³-hybridized carbons (Fsp3) is 0.417. The summed E-state index contributed by atoms with van der Waals surface area (Å²) in [5.74, 6) is -0.0637. The van der Waals surface area contributed by atoms with E-state index in [0.717, 1.165) is 17.0 Å². The van der Waals surface area contributed by atoms with Crippen LogP contribution in [0.5, 0.6) is 0 Å². The Bertz CT molecular complexity index is 509. The van der Waals surface area contributed by atoms with Crippen molar-refractivity contribution in [3.63, 3.8) is 0 Å². The number of nitrogens with zero attached hydrogens (tertiary/aromatic N) is 3. The number of carbonyl (C=O) groups is 1. The Labute approximate surface area is 105 Å². The first-order chi connectivity index (χ1) is 8.58. The lowest BCUT2D eigenvalue weighted by Gasteiger charge is -2.14. The fourth-order valence-electron chi connectivity index (χ4n) is 2.10. The molecular weight excluding hydrogens is 230 g/mol. The number of hydrogen-bond donors (Lipinski definition) is 2. The molecule has 0 bridgehead atoms. The maximum atomic E-state index is 11.8. The molecule has 0 fully saturated rings. The standard InChI is InChI=1S/C12H17N5O/c1-8(12-9(2)15-16-10(12)3)14-11(18)7-17-6-4-5-13-17/h4-6,8H,7H2,1-3H3,(H,14,18)(H,15,16)/t8-/m1/s1. The van der Waals surface area contributed by atoms with Gasteiger partial charge in [0.25, 0.3) is 0 Å². The van der Waals surface area contributed by atoms with Crippen LogP contribution in [0.4, 0.5) is 0 Å². The second kappa shape index (κ2) is 5.03. The molecular formula is C12H17N5O. The van der Waals surface area contributed by atoms with Gasteiger partial charge in [0.15, 0.2) is 0 Å². The first-order valence-corrected chi connectivity index (χ1v) is 5.86. The molecule has 18 heavy (non-hydrogen) atoms. The topological polar surface area (TPSA) is 75.6 Å². The summed E-state index contributed by atoms with van der Waals surface area (Å²) < 4.78 is 1.59. The maximum Gasteiger partial charge on any atom is 0.242 e. The molecule has 96 valence electrons. The molecule has 0 aliphatic carbocycles. The minimum Gasteiger partial charge on any atom is -0.348 e. The van der Waals surface area contributed by atoms with Crippen LogP contribution in [-0.4, -0.2) is 25.9 Å². The van der Waals surface area contributed by atoms with Crippen molar-refractivity contribution in [3.05, 3.63) is 35.4 Å². The van der Waals surface area contributed by atoms with Crippen LogP contribution < -0.4 is 5.32 Å². The second-order valence-electron chi connectivity index (χ2n) is 4.34. The highest BCUT2D eigenvalue weighted by Crippen LogP contribution is 2.18. The zero-order chi connectivity index (χ0) is 13.1. The number of aromatic nitrogens is 4. The van der Waals surface area contributed by atoms with Crippen molar-refractivity contribution in [3.8, 4) is 0 Å². The van der Waals surface area contributed by atoms with Crippen LogP contribution in [0, 0.1) is 13.8 Å². The molecule has 1 amide bonds. The van der Waals surface area contributed by atoms with E-state index in [1.807, 2.05) is 20.8 Å². The van der Waals surface area contributed by atoms with Crippen molar-refractivity contribution in [1.82, 2.24) is 25.3 Å². The third-order valence-electron chi connectivity index (χ3n) is 2.86. The van der Waals surface area contributed by atoms with E-state index in [2.05, 4.69) is 20.6 Å². The van der Waals surface area contributed by atoms with Crippen molar-refractivity contribution in [1.29, 1.82) is 0 Å². The average molecular weight is 247 g/mol. The van der Waals surface area contributed by atoms with E-state index in [1.54, 1.807) is 23.1 Å². The summed E-state index contributed by atoms with van der Waals surface area (Å²) in [6, 6.07) is 1.73. The van der Waals surface area contributed by atoms with Crippen LogP contribution in [0.25, 0.3) is 0 Å². The minimum absolute atomic E-state index is 0.0631. The van der Waals surface area contributed by atoms with Crippen LogP contribution >= 0.6 is 0 Å². The first kappa shape index (κ1) is 12.3. The first-order valence-electron chi connectivity index (χ1n) is 5.86. The van der Waals surface area contributed by atoms with Gasteiger partial charge in [0.05, 0.1) is 11.7 Å². The van der Waals surface area contributed by atoms with E-state index in [9.17, 15) is 4.79 Å². The number of carbonyl (C=O) groups excluding carboxylic acids is 1. The normalized spacial score (nSPS) is 12.4. The van der Waals surface area contributed by atoms with Crippen LogP contribution in [-0.2, 0) is 11.3 Å². The predicted molar refractivity (Wildman–Crippen MR) is 66.8 cm³/mol. The van der Waals surface area contributed by atoms with Crippen molar-refractivity contribution in [2.75, 3.05) is 0 Å². The Kier molecular flexibility index (Phi) is 3.45. The van der Waals surface area contributed by atoms with E-state index in [4.69, 9.17) is 0 Å². The highest BCUT2D eigenvalue weighted by molar-refractivity contribution is 5.76. The van der Waals surface area contributed by atoms with E-state index in [0.29, 0.717) is 0 Å². The van der Waals surface area contributed by atoms with Gasteiger partial charge in [-0.15, -0.1) is 0 Å². The largest absolute Gasteiger partial charge is 0.348 e. The SMILES string of the molecule is Cc1n[nH]c(C)c1[C@@H](C)NC(=O)Cn1cccn1. The summed E-state index contributed by atoms with van der Waals surface area (Å²) in [4.78, 5) is 11.8. The zero-order valence-electron chi connectivity index (χ0n) is 10.8. The third kappa shape index (κ3) is 2.58. The number of nitrogens with one attached hydrogen (secondary N) is 2. The Balaban J connectivity index is 1.99. The van der Waals surface area contributed by atoms with E-state index in [-0.39, 0.29) is 18.5 Å². The number of hydrogen-bond acceptors (Lipinski definition) is 3. The van der Waals surface area contributed by atoms with Gasteiger partial charge in [-0.3, -0.25) is 14.6 Å². The molecule has 2 rings (SSSR count).